The highest BCUT2D eigenvalue weighted by Gasteiger charge is 2.15. The maximum Gasteiger partial charge on any atom is 0.359 e. The van der Waals surface area contributed by atoms with Crippen LogP contribution in [0.4, 0.5) is 11.5 Å². The van der Waals surface area contributed by atoms with Gasteiger partial charge in [0.25, 0.3) is 5.91 Å². The number of benzene rings is 2. The number of hydrogen-bond acceptors (Lipinski definition) is 6. The average Bonchev–Trinajstić information content (AvgIpc) is 2.72. The first kappa shape index (κ1) is 20.2. The minimum Gasteiger partial charge on any atom is -0.496 e. The molecule has 10 heteroatoms. The lowest BCUT2D eigenvalue weighted by atomic mass is 10.1. The quantitative estimate of drug-likeness (QED) is 0.595. The highest BCUT2D eigenvalue weighted by atomic mass is 32.2. The molecule has 9 nitrogen and oxygen atoms in total. The van der Waals surface area contributed by atoms with Crippen molar-refractivity contribution in [1.82, 2.24) is 9.97 Å². The SMILES string of the molecule is COc1ccccc1-c1cc(NC(=O)c2ccc(N(C)S(=O)(=O)O)cc2)ncn1. The normalized spacial score (nSPS) is 11.0. The van der Waals surface area contributed by atoms with E-state index in [2.05, 4.69) is 15.3 Å². The van der Waals surface area contributed by atoms with Gasteiger partial charge >= 0.3 is 10.3 Å². The Balaban J connectivity index is 1.79. The van der Waals surface area contributed by atoms with Crippen molar-refractivity contribution in [3.8, 4) is 17.0 Å². The molecule has 0 aliphatic carbocycles. The maximum atomic E-state index is 12.5. The van der Waals surface area contributed by atoms with E-state index < -0.39 is 16.2 Å². The molecular weight excluding hydrogens is 396 g/mol. The molecule has 0 unspecified atom stereocenters. The zero-order chi connectivity index (χ0) is 21.0. The summed E-state index contributed by atoms with van der Waals surface area (Å²) in [6.07, 6.45) is 1.33. The number of aromatic nitrogens is 2. The van der Waals surface area contributed by atoms with Gasteiger partial charge in [-0.05, 0) is 36.4 Å². The molecule has 29 heavy (non-hydrogen) atoms. The number of amides is 1. The number of carbonyl (C=O) groups excluding carboxylic acids is 1. The van der Waals surface area contributed by atoms with Crippen LogP contribution in [0.25, 0.3) is 11.3 Å². The van der Waals surface area contributed by atoms with Gasteiger partial charge in [0.05, 0.1) is 18.5 Å². The molecule has 1 heterocycles. The summed E-state index contributed by atoms with van der Waals surface area (Å²) >= 11 is 0. The Morgan fingerprint density at radius 1 is 1.10 bits per heavy atom. The number of nitrogens with zero attached hydrogens (tertiary/aromatic N) is 3. The monoisotopic (exact) mass is 414 g/mol. The first-order chi connectivity index (χ1) is 13.8. The predicted molar refractivity (Wildman–Crippen MR) is 108 cm³/mol. The molecule has 0 saturated carbocycles. The van der Waals surface area contributed by atoms with Crippen LogP contribution in [0.2, 0.25) is 0 Å². The number of hydrogen-bond donors (Lipinski definition) is 2. The van der Waals surface area contributed by atoms with Crippen LogP contribution < -0.4 is 14.4 Å². The van der Waals surface area contributed by atoms with Gasteiger partial charge in [-0.15, -0.1) is 0 Å². The van der Waals surface area contributed by atoms with E-state index in [0.29, 0.717) is 21.6 Å². The van der Waals surface area contributed by atoms with Gasteiger partial charge in [-0.3, -0.25) is 13.7 Å². The third-order valence-electron chi connectivity index (χ3n) is 4.13. The van der Waals surface area contributed by atoms with Crippen molar-refractivity contribution >= 4 is 27.7 Å². The Kier molecular flexibility index (Phi) is 5.76. The molecule has 3 aromatic rings. The van der Waals surface area contributed by atoms with Gasteiger partial charge in [0.2, 0.25) is 0 Å². The molecule has 2 aromatic carbocycles. The standard InChI is InChI=1S/C19H18N4O5S/c1-23(29(25,26)27)14-9-7-13(8-10-14)19(24)22-18-11-16(20-12-21-18)15-5-3-4-6-17(15)28-2/h3-12H,1-2H3,(H,25,26,27)(H,20,21,22,24). The van der Waals surface area contributed by atoms with Gasteiger partial charge in [-0.2, -0.15) is 8.42 Å². The zero-order valence-electron chi connectivity index (χ0n) is 15.6. The molecule has 150 valence electrons. The Hall–Kier alpha value is -3.50. The number of carbonyl (C=O) groups is 1. The second kappa shape index (κ2) is 8.25. The summed E-state index contributed by atoms with van der Waals surface area (Å²) in [5.41, 5.74) is 1.84. The Morgan fingerprint density at radius 2 is 1.79 bits per heavy atom. The molecule has 0 atom stereocenters. The average molecular weight is 414 g/mol. The lowest BCUT2D eigenvalue weighted by Gasteiger charge is -2.15. The van der Waals surface area contributed by atoms with Crippen LogP contribution >= 0.6 is 0 Å². The highest BCUT2D eigenvalue weighted by Crippen LogP contribution is 2.28. The largest absolute Gasteiger partial charge is 0.496 e. The van der Waals surface area contributed by atoms with Crippen molar-refractivity contribution in [1.29, 1.82) is 0 Å². The van der Waals surface area contributed by atoms with E-state index in [1.165, 1.54) is 37.6 Å². The van der Waals surface area contributed by atoms with E-state index in [1.807, 2.05) is 18.2 Å². The first-order valence-electron chi connectivity index (χ1n) is 8.38. The van der Waals surface area contributed by atoms with Crippen LogP contribution in [-0.2, 0) is 10.3 Å². The third-order valence-corrected chi connectivity index (χ3v) is 5.03. The molecule has 0 spiro atoms. The second-order valence-corrected chi connectivity index (χ2v) is 7.38. The molecular formula is C19H18N4O5S. The van der Waals surface area contributed by atoms with Gasteiger partial charge < -0.3 is 10.1 Å². The van der Waals surface area contributed by atoms with Gasteiger partial charge in [0.1, 0.15) is 17.9 Å². The molecule has 0 saturated heterocycles. The van der Waals surface area contributed by atoms with Crippen LogP contribution in [0.5, 0.6) is 5.75 Å². The molecule has 2 N–H and O–H groups in total. The van der Waals surface area contributed by atoms with Gasteiger partial charge in [0.15, 0.2) is 0 Å². The minimum atomic E-state index is -4.37. The first-order valence-corrected chi connectivity index (χ1v) is 9.77. The highest BCUT2D eigenvalue weighted by molar-refractivity contribution is 7.87. The third kappa shape index (κ3) is 4.68. The lowest BCUT2D eigenvalue weighted by Crippen LogP contribution is -2.25. The van der Waals surface area contributed by atoms with Crippen molar-refractivity contribution in [3.63, 3.8) is 0 Å². The molecule has 0 radical (unpaired) electrons. The van der Waals surface area contributed by atoms with Crippen LogP contribution in [0.3, 0.4) is 0 Å². The van der Waals surface area contributed by atoms with Crippen LogP contribution in [0, 0.1) is 0 Å². The summed E-state index contributed by atoms with van der Waals surface area (Å²) in [5.74, 6) is 0.503. The smallest absolute Gasteiger partial charge is 0.359 e. The fourth-order valence-electron chi connectivity index (χ4n) is 2.57. The summed E-state index contributed by atoms with van der Waals surface area (Å²) < 4.78 is 37.4. The number of methoxy groups -OCH3 is 1. The lowest BCUT2D eigenvalue weighted by molar-refractivity contribution is 0.102. The van der Waals surface area contributed by atoms with Crippen molar-refractivity contribution in [2.45, 2.75) is 0 Å². The Bertz CT molecular complexity index is 1130. The van der Waals surface area contributed by atoms with Crippen molar-refractivity contribution in [2.75, 3.05) is 23.8 Å². The number of para-hydroxylation sites is 1. The van der Waals surface area contributed by atoms with E-state index in [-0.39, 0.29) is 11.3 Å². The second-order valence-electron chi connectivity index (χ2n) is 5.94. The zero-order valence-corrected chi connectivity index (χ0v) is 16.4. The van der Waals surface area contributed by atoms with Crippen molar-refractivity contribution in [2.24, 2.45) is 0 Å². The molecule has 1 amide bonds. The molecule has 3 rings (SSSR count). The fraction of sp³-hybridized carbons (Fsp3) is 0.105. The Labute approximate surface area is 167 Å². The summed E-state index contributed by atoms with van der Waals surface area (Å²) in [7, 11) is -1.61. The fourth-order valence-corrected chi connectivity index (χ4v) is 2.96. The van der Waals surface area contributed by atoms with Crippen LogP contribution in [-0.4, -0.2) is 43.0 Å². The van der Waals surface area contributed by atoms with Crippen LogP contribution in [0.1, 0.15) is 10.4 Å². The predicted octanol–water partition coefficient (Wildman–Crippen LogP) is 2.64. The summed E-state index contributed by atoms with van der Waals surface area (Å²) in [6.45, 7) is 0. The molecule has 0 bridgehead atoms. The van der Waals surface area contributed by atoms with Gasteiger partial charge in [0, 0.05) is 24.2 Å². The summed E-state index contributed by atoms with van der Waals surface area (Å²) in [4.78, 5) is 20.8. The van der Waals surface area contributed by atoms with E-state index in [1.54, 1.807) is 19.2 Å². The van der Waals surface area contributed by atoms with Gasteiger partial charge in [-0.25, -0.2) is 9.97 Å². The summed E-state index contributed by atoms with van der Waals surface area (Å²) in [5, 5.41) is 2.67. The van der Waals surface area contributed by atoms with E-state index >= 15 is 0 Å². The van der Waals surface area contributed by atoms with E-state index in [0.717, 1.165) is 5.56 Å². The summed E-state index contributed by atoms with van der Waals surface area (Å²) in [6, 6.07) is 14.7. The molecule has 0 aliphatic rings. The number of anilines is 2. The molecule has 1 aromatic heterocycles. The number of ether oxygens (including phenoxy) is 1. The van der Waals surface area contributed by atoms with E-state index in [4.69, 9.17) is 9.29 Å². The van der Waals surface area contributed by atoms with Crippen LogP contribution in [0.15, 0.2) is 60.9 Å². The van der Waals surface area contributed by atoms with Crippen molar-refractivity contribution in [3.05, 3.63) is 66.5 Å². The minimum absolute atomic E-state index is 0.213. The topological polar surface area (TPSA) is 122 Å². The number of nitrogens with one attached hydrogen (secondary N) is 1. The maximum absolute atomic E-state index is 12.5. The van der Waals surface area contributed by atoms with E-state index in [9.17, 15) is 13.2 Å². The molecule has 0 fully saturated rings. The van der Waals surface area contributed by atoms with Crippen molar-refractivity contribution < 1.29 is 22.5 Å². The Morgan fingerprint density at radius 3 is 2.45 bits per heavy atom. The molecule has 0 aliphatic heterocycles. The van der Waals surface area contributed by atoms with Gasteiger partial charge in [-0.1, -0.05) is 12.1 Å². The number of rotatable bonds is 6.